The number of carbonyl (C=O) groups excluding carboxylic acids is 2. The van der Waals surface area contributed by atoms with Crippen LogP contribution in [0.3, 0.4) is 0 Å². The van der Waals surface area contributed by atoms with Crippen LogP contribution in [0.4, 0.5) is 11.4 Å². The second kappa shape index (κ2) is 8.12. The van der Waals surface area contributed by atoms with Crippen LogP contribution in [0.2, 0.25) is 0 Å². The lowest BCUT2D eigenvalue weighted by atomic mass is 9.56. The molecule has 2 aromatic rings. The molecule has 0 bridgehead atoms. The van der Waals surface area contributed by atoms with Crippen LogP contribution in [0.25, 0.3) is 0 Å². The van der Waals surface area contributed by atoms with Crippen LogP contribution in [0.5, 0.6) is 0 Å². The molecule has 0 aromatic heterocycles. The van der Waals surface area contributed by atoms with Crippen LogP contribution in [0, 0.1) is 29.6 Å². The standard InChI is InChI=1S/C26H30N2O3/c1-16-23-22(26(30)31-16)15-17-14-18(27)12-13-21(17)24(23)25(29)28(19-8-4-2-5-9-19)20-10-6-3-7-11-20/h2-11,16-18,21-24H,12-15,27H2,1H3/t16-,17+,18-,21-,22-,23-,24+/m1/s1. The van der Waals surface area contributed by atoms with Gasteiger partial charge in [0, 0.05) is 29.3 Å². The summed E-state index contributed by atoms with van der Waals surface area (Å²) >= 11 is 0. The van der Waals surface area contributed by atoms with Crippen molar-refractivity contribution >= 4 is 23.3 Å². The Bertz CT molecular complexity index is 908. The fourth-order valence-electron chi connectivity index (χ4n) is 6.36. The molecule has 3 aliphatic rings. The highest BCUT2D eigenvalue weighted by atomic mass is 16.6. The lowest BCUT2D eigenvalue weighted by molar-refractivity contribution is -0.144. The molecular formula is C26H30N2O3. The number of para-hydroxylation sites is 2. The molecule has 1 amide bonds. The summed E-state index contributed by atoms with van der Waals surface area (Å²) in [5.74, 6) is -0.0697. The normalized spacial score (nSPS) is 34.4. The van der Waals surface area contributed by atoms with Crippen molar-refractivity contribution in [1.82, 2.24) is 0 Å². The highest BCUT2D eigenvalue weighted by molar-refractivity contribution is 6.02. The zero-order chi connectivity index (χ0) is 21.5. The zero-order valence-electron chi connectivity index (χ0n) is 17.9. The molecule has 5 heteroatoms. The fourth-order valence-corrected chi connectivity index (χ4v) is 6.36. The number of hydrogen-bond acceptors (Lipinski definition) is 4. The number of fused-ring (bicyclic) bond motifs is 2. The molecule has 1 aliphatic heterocycles. The van der Waals surface area contributed by atoms with E-state index in [9.17, 15) is 9.59 Å². The molecule has 5 rings (SSSR count). The van der Waals surface area contributed by atoms with Crippen molar-refractivity contribution in [1.29, 1.82) is 0 Å². The Kier molecular flexibility index (Phi) is 5.30. The molecule has 2 saturated carbocycles. The lowest BCUT2D eigenvalue weighted by Gasteiger charge is -2.48. The number of benzene rings is 2. The fraction of sp³-hybridized carbons (Fsp3) is 0.462. The van der Waals surface area contributed by atoms with Crippen LogP contribution in [0.15, 0.2) is 60.7 Å². The number of rotatable bonds is 3. The predicted octanol–water partition coefficient (Wildman–Crippen LogP) is 4.29. The molecule has 0 unspecified atom stereocenters. The van der Waals surface area contributed by atoms with Gasteiger partial charge < -0.3 is 10.5 Å². The molecule has 5 nitrogen and oxygen atoms in total. The number of anilines is 2. The third kappa shape index (κ3) is 3.55. The Hall–Kier alpha value is -2.66. The van der Waals surface area contributed by atoms with Gasteiger partial charge in [0.1, 0.15) is 6.10 Å². The van der Waals surface area contributed by atoms with Crippen molar-refractivity contribution in [2.24, 2.45) is 35.3 Å². The maximum atomic E-state index is 14.4. The topological polar surface area (TPSA) is 72.6 Å². The third-order valence-corrected chi connectivity index (χ3v) is 7.66. The Balaban J connectivity index is 1.58. The zero-order valence-corrected chi connectivity index (χ0v) is 17.9. The molecule has 0 spiro atoms. The van der Waals surface area contributed by atoms with E-state index < -0.39 is 0 Å². The van der Waals surface area contributed by atoms with Gasteiger partial charge in [-0.1, -0.05) is 36.4 Å². The van der Waals surface area contributed by atoms with Gasteiger partial charge in [0.05, 0.1) is 5.92 Å². The van der Waals surface area contributed by atoms with Gasteiger partial charge >= 0.3 is 5.97 Å². The van der Waals surface area contributed by atoms with Crippen molar-refractivity contribution in [3.8, 4) is 0 Å². The average Bonchev–Trinajstić information content (AvgIpc) is 3.06. The quantitative estimate of drug-likeness (QED) is 0.755. The second-order valence-electron chi connectivity index (χ2n) is 9.43. The van der Waals surface area contributed by atoms with Gasteiger partial charge in [-0.3, -0.25) is 14.5 Å². The summed E-state index contributed by atoms with van der Waals surface area (Å²) in [7, 11) is 0. The van der Waals surface area contributed by atoms with Crippen LogP contribution in [0.1, 0.15) is 32.6 Å². The minimum Gasteiger partial charge on any atom is -0.462 e. The van der Waals surface area contributed by atoms with Crippen LogP contribution < -0.4 is 10.6 Å². The first-order valence-corrected chi connectivity index (χ1v) is 11.4. The first-order valence-electron chi connectivity index (χ1n) is 11.4. The number of nitrogens with two attached hydrogens (primary N) is 1. The van der Waals surface area contributed by atoms with E-state index in [-0.39, 0.29) is 47.7 Å². The van der Waals surface area contributed by atoms with Gasteiger partial charge in [-0.05, 0) is 68.7 Å². The maximum Gasteiger partial charge on any atom is 0.309 e. The Morgan fingerprint density at radius 1 is 0.968 bits per heavy atom. The van der Waals surface area contributed by atoms with Gasteiger partial charge in [-0.25, -0.2) is 0 Å². The molecule has 7 atom stereocenters. The second-order valence-corrected chi connectivity index (χ2v) is 9.43. The van der Waals surface area contributed by atoms with Crippen LogP contribution >= 0.6 is 0 Å². The Labute approximate surface area is 183 Å². The highest BCUT2D eigenvalue weighted by Crippen LogP contribution is 2.54. The molecule has 2 aromatic carbocycles. The van der Waals surface area contributed by atoms with E-state index in [1.807, 2.05) is 72.5 Å². The van der Waals surface area contributed by atoms with Gasteiger partial charge in [-0.2, -0.15) is 0 Å². The molecule has 2 N–H and O–H groups in total. The number of ether oxygens (including phenoxy) is 1. The highest BCUT2D eigenvalue weighted by Gasteiger charge is 2.58. The predicted molar refractivity (Wildman–Crippen MR) is 119 cm³/mol. The number of amides is 1. The Morgan fingerprint density at radius 3 is 2.19 bits per heavy atom. The van der Waals surface area contributed by atoms with Gasteiger partial charge in [0.15, 0.2) is 0 Å². The summed E-state index contributed by atoms with van der Waals surface area (Å²) in [5.41, 5.74) is 7.99. The number of hydrogen-bond donors (Lipinski definition) is 1. The third-order valence-electron chi connectivity index (χ3n) is 7.66. The van der Waals surface area contributed by atoms with Crippen molar-refractivity contribution in [3.63, 3.8) is 0 Å². The van der Waals surface area contributed by atoms with E-state index in [2.05, 4.69) is 0 Å². The largest absolute Gasteiger partial charge is 0.462 e. The number of cyclic esters (lactones) is 1. The van der Waals surface area contributed by atoms with Gasteiger partial charge in [-0.15, -0.1) is 0 Å². The Morgan fingerprint density at radius 2 is 1.58 bits per heavy atom. The molecule has 1 saturated heterocycles. The molecule has 162 valence electrons. The molecule has 3 fully saturated rings. The van der Waals surface area contributed by atoms with Crippen LogP contribution in [-0.2, 0) is 14.3 Å². The summed E-state index contributed by atoms with van der Waals surface area (Å²) in [6.45, 7) is 1.95. The molecular weight excluding hydrogens is 388 g/mol. The lowest BCUT2D eigenvalue weighted by Crippen LogP contribution is -2.52. The molecule has 1 heterocycles. The van der Waals surface area contributed by atoms with E-state index in [1.165, 1.54) is 0 Å². The average molecular weight is 419 g/mol. The van der Waals surface area contributed by atoms with E-state index in [0.717, 1.165) is 37.1 Å². The minimum absolute atomic E-state index is 0.0720. The number of carbonyl (C=O) groups is 2. The first-order chi connectivity index (χ1) is 15.0. The van der Waals surface area contributed by atoms with Gasteiger partial charge in [0.2, 0.25) is 5.91 Å². The summed E-state index contributed by atoms with van der Waals surface area (Å²) < 4.78 is 5.67. The molecule has 31 heavy (non-hydrogen) atoms. The monoisotopic (exact) mass is 418 g/mol. The molecule has 2 aliphatic carbocycles. The van der Waals surface area contributed by atoms with Crippen LogP contribution in [-0.4, -0.2) is 24.0 Å². The van der Waals surface area contributed by atoms with Crippen molar-refractivity contribution in [3.05, 3.63) is 60.7 Å². The van der Waals surface area contributed by atoms with E-state index in [4.69, 9.17) is 10.5 Å². The SMILES string of the molecule is C[C@H]1OC(=O)[C@@H]2C[C@@H]3C[C@H](N)CC[C@H]3[C@H](C(=O)N(c3ccccc3)c3ccccc3)[C@H]12. The van der Waals surface area contributed by atoms with Gasteiger partial charge in [0.25, 0.3) is 0 Å². The first kappa shape index (κ1) is 20.3. The summed E-state index contributed by atoms with van der Waals surface area (Å²) in [6, 6.07) is 19.8. The van der Waals surface area contributed by atoms with Crippen molar-refractivity contribution in [2.75, 3.05) is 4.90 Å². The maximum absolute atomic E-state index is 14.4. The van der Waals surface area contributed by atoms with E-state index >= 15 is 0 Å². The molecule has 0 radical (unpaired) electrons. The minimum atomic E-state index is -0.252. The van der Waals surface area contributed by atoms with E-state index in [0.29, 0.717) is 5.92 Å². The number of esters is 1. The number of nitrogens with zero attached hydrogens (tertiary/aromatic N) is 1. The van der Waals surface area contributed by atoms with E-state index in [1.54, 1.807) is 0 Å². The summed E-state index contributed by atoms with van der Waals surface area (Å²) in [6.07, 6.45) is 3.31. The van der Waals surface area contributed by atoms with Crippen molar-refractivity contribution < 1.29 is 14.3 Å². The van der Waals surface area contributed by atoms with Crippen molar-refractivity contribution in [2.45, 2.75) is 44.8 Å². The summed E-state index contributed by atoms with van der Waals surface area (Å²) in [5, 5.41) is 0. The smallest absolute Gasteiger partial charge is 0.309 e. The summed E-state index contributed by atoms with van der Waals surface area (Å²) in [4.78, 5) is 28.9.